The third kappa shape index (κ3) is 3.79. The van der Waals surface area contributed by atoms with Gasteiger partial charge >= 0.3 is 0 Å². The van der Waals surface area contributed by atoms with Crippen molar-refractivity contribution in [3.63, 3.8) is 0 Å². The lowest BCUT2D eigenvalue weighted by Crippen LogP contribution is -2.26. The number of anilines is 1. The average Bonchev–Trinajstić information content (AvgIpc) is 2.55. The third-order valence-electron chi connectivity index (χ3n) is 3.56. The first-order valence-corrected chi connectivity index (χ1v) is 7.17. The minimum Gasteiger partial charge on any atom is -0.497 e. The molecule has 0 radical (unpaired) electrons. The van der Waals surface area contributed by atoms with Crippen LogP contribution in [0.2, 0.25) is 0 Å². The normalized spacial score (nSPS) is 10.2. The van der Waals surface area contributed by atoms with Gasteiger partial charge in [-0.1, -0.05) is 12.1 Å². The van der Waals surface area contributed by atoms with E-state index in [4.69, 9.17) is 4.74 Å². The zero-order valence-electron chi connectivity index (χ0n) is 13.5. The molecule has 116 valence electrons. The molecule has 22 heavy (non-hydrogen) atoms. The molecule has 0 saturated heterocycles. The second kappa shape index (κ2) is 6.98. The Morgan fingerprint density at radius 2 is 1.55 bits per heavy atom. The fraction of sp³-hybridized carbons (Fsp3) is 0.278. The molecule has 2 aromatic rings. The molecule has 0 N–H and O–H groups in total. The van der Waals surface area contributed by atoms with Crippen LogP contribution in [-0.2, 0) is 6.54 Å². The molecule has 0 aliphatic carbocycles. The summed E-state index contributed by atoms with van der Waals surface area (Å²) in [4.78, 5) is 16.2. The van der Waals surface area contributed by atoms with Gasteiger partial charge in [0.1, 0.15) is 5.75 Å². The lowest BCUT2D eigenvalue weighted by atomic mass is 10.1. The highest BCUT2D eigenvalue weighted by molar-refractivity contribution is 5.94. The van der Waals surface area contributed by atoms with Crippen LogP contribution in [0.25, 0.3) is 0 Å². The lowest BCUT2D eigenvalue weighted by molar-refractivity contribution is 0.0785. The number of hydrogen-bond acceptors (Lipinski definition) is 3. The van der Waals surface area contributed by atoms with Crippen LogP contribution in [-0.4, -0.2) is 39.1 Å². The van der Waals surface area contributed by atoms with E-state index in [9.17, 15) is 4.79 Å². The average molecular weight is 298 g/mol. The summed E-state index contributed by atoms with van der Waals surface area (Å²) in [5.41, 5.74) is 2.84. The van der Waals surface area contributed by atoms with Crippen LogP contribution in [0.15, 0.2) is 48.5 Å². The molecule has 0 aliphatic heterocycles. The van der Waals surface area contributed by atoms with Crippen molar-refractivity contribution < 1.29 is 9.53 Å². The van der Waals surface area contributed by atoms with Crippen molar-refractivity contribution in [2.75, 3.05) is 33.2 Å². The van der Waals surface area contributed by atoms with E-state index in [1.165, 1.54) is 0 Å². The summed E-state index contributed by atoms with van der Waals surface area (Å²) in [5, 5.41) is 0. The molecule has 4 heteroatoms. The highest BCUT2D eigenvalue weighted by Gasteiger charge is 2.12. The predicted octanol–water partition coefficient (Wildman–Crippen LogP) is 3.03. The van der Waals surface area contributed by atoms with E-state index in [0.29, 0.717) is 12.1 Å². The van der Waals surface area contributed by atoms with Gasteiger partial charge in [-0.05, 0) is 42.0 Å². The van der Waals surface area contributed by atoms with Crippen LogP contribution in [0.3, 0.4) is 0 Å². The van der Waals surface area contributed by atoms with E-state index in [1.807, 2.05) is 74.6 Å². The molecule has 0 atom stereocenters. The third-order valence-corrected chi connectivity index (χ3v) is 3.56. The van der Waals surface area contributed by atoms with Gasteiger partial charge in [-0.3, -0.25) is 4.79 Å². The zero-order valence-corrected chi connectivity index (χ0v) is 13.5. The van der Waals surface area contributed by atoms with E-state index in [-0.39, 0.29) is 5.91 Å². The molecule has 2 aromatic carbocycles. The molecule has 0 bridgehead atoms. The van der Waals surface area contributed by atoms with Gasteiger partial charge in [0.15, 0.2) is 0 Å². The zero-order chi connectivity index (χ0) is 16.1. The summed E-state index contributed by atoms with van der Waals surface area (Å²) in [5.74, 6) is 0.832. The van der Waals surface area contributed by atoms with Gasteiger partial charge in [0, 0.05) is 38.9 Å². The van der Waals surface area contributed by atoms with E-state index >= 15 is 0 Å². The molecule has 2 rings (SSSR count). The Labute approximate surface area is 131 Å². The highest BCUT2D eigenvalue weighted by Crippen LogP contribution is 2.16. The van der Waals surface area contributed by atoms with Gasteiger partial charge in [0.2, 0.25) is 0 Å². The molecular formula is C18H22N2O2. The molecule has 0 aliphatic rings. The first-order chi connectivity index (χ1) is 10.5. The number of rotatable bonds is 5. The Balaban J connectivity index is 2.04. The molecule has 0 saturated carbocycles. The molecular weight excluding hydrogens is 276 g/mol. The Morgan fingerprint density at radius 3 is 2.05 bits per heavy atom. The Hall–Kier alpha value is -2.49. The molecule has 0 unspecified atom stereocenters. The maximum absolute atomic E-state index is 12.4. The Bertz CT molecular complexity index is 619. The maximum Gasteiger partial charge on any atom is 0.253 e. The van der Waals surface area contributed by atoms with Crippen molar-refractivity contribution in [1.82, 2.24) is 4.90 Å². The van der Waals surface area contributed by atoms with Gasteiger partial charge in [-0.15, -0.1) is 0 Å². The molecule has 0 heterocycles. The van der Waals surface area contributed by atoms with Gasteiger partial charge in [0.25, 0.3) is 5.91 Å². The molecule has 1 amide bonds. The topological polar surface area (TPSA) is 32.8 Å². The number of ether oxygens (including phenoxy) is 1. The number of methoxy groups -OCH3 is 1. The van der Waals surface area contributed by atoms with Gasteiger partial charge in [-0.2, -0.15) is 0 Å². The summed E-state index contributed by atoms with van der Waals surface area (Å²) in [7, 11) is 7.41. The predicted molar refractivity (Wildman–Crippen MR) is 89.6 cm³/mol. The van der Waals surface area contributed by atoms with Crippen molar-refractivity contribution in [2.24, 2.45) is 0 Å². The number of carbonyl (C=O) groups is 1. The van der Waals surface area contributed by atoms with Gasteiger partial charge < -0.3 is 14.5 Å². The molecule has 0 fully saturated rings. The fourth-order valence-electron chi connectivity index (χ4n) is 2.20. The molecule has 0 spiro atoms. The van der Waals surface area contributed by atoms with Crippen molar-refractivity contribution >= 4 is 11.6 Å². The first kappa shape index (κ1) is 15.9. The smallest absolute Gasteiger partial charge is 0.253 e. The fourth-order valence-corrected chi connectivity index (χ4v) is 2.20. The number of benzene rings is 2. The summed E-state index contributed by atoms with van der Waals surface area (Å²) in [6.45, 7) is 0.568. The SMILES string of the molecule is COc1ccc(CN(C)C(=O)c2ccc(N(C)C)cc2)cc1. The number of amides is 1. The number of nitrogens with zero attached hydrogens (tertiary/aromatic N) is 2. The first-order valence-electron chi connectivity index (χ1n) is 7.17. The Kier molecular flexibility index (Phi) is 5.04. The summed E-state index contributed by atoms with van der Waals surface area (Å²) in [6, 6.07) is 15.4. The van der Waals surface area contributed by atoms with Gasteiger partial charge in [0.05, 0.1) is 7.11 Å². The minimum absolute atomic E-state index is 0.0149. The minimum atomic E-state index is 0.0149. The van der Waals surface area contributed by atoms with E-state index in [1.54, 1.807) is 12.0 Å². The van der Waals surface area contributed by atoms with Crippen molar-refractivity contribution in [2.45, 2.75) is 6.54 Å². The van der Waals surface area contributed by atoms with Crippen LogP contribution in [0.4, 0.5) is 5.69 Å². The van der Waals surface area contributed by atoms with Crippen LogP contribution >= 0.6 is 0 Å². The maximum atomic E-state index is 12.4. The van der Waals surface area contributed by atoms with Crippen LogP contribution in [0.5, 0.6) is 5.75 Å². The quantitative estimate of drug-likeness (QED) is 0.850. The van der Waals surface area contributed by atoms with Crippen molar-refractivity contribution in [3.8, 4) is 5.75 Å². The second-order valence-corrected chi connectivity index (χ2v) is 5.45. The number of carbonyl (C=O) groups excluding carboxylic acids is 1. The van der Waals surface area contributed by atoms with E-state index in [2.05, 4.69) is 0 Å². The summed E-state index contributed by atoms with van der Waals surface area (Å²) >= 11 is 0. The monoisotopic (exact) mass is 298 g/mol. The lowest BCUT2D eigenvalue weighted by Gasteiger charge is -2.18. The van der Waals surface area contributed by atoms with Crippen LogP contribution < -0.4 is 9.64 Å². The highest BCUT2D eigenvalue weighted by atomic mass is 16.5. The standard InChI is InChI=1S/C18H22N2O2/c1-19(2)16-9-7-15(8-10-16)18(21)20(3)13-14-5-11-17(22-4)12-6-14/h5-12H,13H2,1-4H3. The van der Waals surface area contributed by atoms with E-state index in [0.717, 1.165) is 17.0 Å². The molecule has 0 aromatic heterocycles. The van der Waals surface area contributed by atoms with Crippen LogP contribution in [0, 0.1) is 0 Å². The number of hydrogen-bond donors (Lipinski definition) is 0. The van der Waals surface area contributed by atoms with E-state index < -0.39 is 0 Å². The van der Waals surface area contributed by atoms with Crippen molar-refractivity contribution in [1.29, 1.82) is 0 Å². The summed E-state index contributed by atoms with van der Waals surface area (Å²) < 4.78 is 5.14. The summed E-state index contributed by atoms with van der Waals surface area (Å²) in [6.07, 6.45) is 0. The molecule has 4 nitrogen and oxygen atoms in total. The second-order valence-electron chi connectivity index (χ2n) is 5.45. The van der Waals surface area contributed by atoms with Crippen molar-refractivity contribution in [3.05, 3.63) is 59.7 Å². The van der Waals surface area contributed by atoms with Gasteiger partial charge in [-0.25, -0.2) is 0 Å². The largest absolute Gasteiger partial charge is 0.497 e. The van der Waals surface area contributed by atoms with Crippen LogP contribution in [0.1, 0.15) is 15.9 Å². The Morgan fingerprint density at radius 1 is 0.955 bits per heavy atom.